The molecule has 3 nitrogen and oxygen atoms in total. The molecule has 0 saturated heterocycles. The lowest BCUT2D eigenvalue weighted by molar-refractivity contribution is 0.115. The Kier molecular flexibility index (Phi) is 5.77. The maximum Gasteiger partial charge on any atom is 0.284 e. The summed E-state index contributed by atoms with van der Waals surface area (Å²) in [5.41, 5.74) is -2.26. The molecule has 23 heavy (non-hydrogen) atoms. The molecule has 9 heteroatoms. The van der Waals surface area contributed by atoms with Crippen molar-refractivity contribution in [2.45, 2.75) is 26.6 Å². The quantitative estimate of drug-likeness (QED) is 0.196. The first-order valence-electron chi connectivity index (χ1n) is 6.53. The third-order valence-corrected chi connectivity index (χ3v) is 3.25. The number of allylic oxidation sites excluding steroid dienone is 1. The van der Waals surface area contributed by atoms with E-state index in [0.717, 1.165) is 0 Å². The zero-order valence-corrected chi connectivity index (χ0v) is 13.9. The summed E-state index contributed by atoms with van der Waals surface area (Å²) in [4.78, 5) is 0. The Bertz CT molecular complexity index is 663. The lowest BCUT2D eigenvalue weighted by atomic mass is 10.1. The number of nitrogens with zero attached hydrogens (tertiary/aromatic N) is 1. The maximum atomic E-state index is 13.9. The van der Waals surface area contributed by atoms with Gasteiger partial charge >= 0.3 is 0 Å². The third kappa shape index (κ3) is 4.01. The fraction of sp³-hybridized carbons (Fsp3) is 0.357. The van der Waals surface area contributed by atoms with E-state index in [0.29, 0.717) is 0 Å². The molecule has 0 aromatic heterocycles. The Labute approximate surface area is 131 Å². The fourth-order valence-electron chi connectivity index (χ4n) is 1.59. The number of rotatable bonds is 5. The first-order chi connectivity index (χ1) is 10.5. The summed E-state index contributed by atoms with van der Waals surface area (Å²) in [5.74, 6) is -11.4. The van der Waals surface area contributed by atoms with Crippen LogP contribution in [0.3, 0.4) is 0 Å². The second kappa shape index (κ2) is 7.00. The van der Waals surface area contributed by atoms with Crippen molar-refractivity contribution in [3.05, 3.63) is 40.6 Å². The highest BCUT2D eigenvalue weighted by molar-refractivity contribution is 6.70. The largest absolute Gasteiger partial charge is 0.519 e. The Morgan fingerprint density at radius 3 is 1.74 bits per heavy atom. The van der Waals surface area contributed by atoms with Gasteiger partial charge in [-0.05, 0) is 26.6 Å². The number of halogens is 5. The van der Waals surface area contributed by atoms with Gasteiger partial charge in [-0.25, -0.2) is 22.0 Å². The molecule has 0 amide bonds. The minimum atomic E-state index is -2.38. The summed E-state index contributed by atoms with van der Waals surface area (Å²) in [5, 5.41) is 9.15. The van der Waals surface area contributed by atoms with E-state index >= 15 is 0 Å². The molecule has 0 fully saturated rings. The number of hydrogen-bond donors (Lipinski definition) is 0. The highest BCUT2D eigenvalue weighted by Crippen LogP contribution is 2.31. The van der Waals surface area contributed by atoms with Crippen molar-refractivity contribution in [2.75, 3.05) is 6.61 Å². The third-order valence-electron chi connectivity index (χ3n) is 2.45. The molecule has 1 aromatic carbocycles. The van der Waals surface area contributed by atoms with E-state index in [1.165, 1.54) is 13.0 Å². The van der Waals surface area contributed by atoms with Crippen molar-refractivity contribution in [2.24, 2.45) is 0 Å². The van der Waals surface area contributed by atoms with Gasteiger partial charge in [0.1, 0.15) is 11.6 Å². The summed E-state index contributed by atoms with van der Waals surface area (Å²) < 4.78 is 77.9. The first kappa shape index (κ1) is 19.0. The molecule has 0 heterocycles. The number of benzene rings is 1. The van der Waals surface area contributed by atoms with Crippen molar-refractivity contribution in [1.82, 2.24) is 0 Å². The molecule has 0 N–H and O–H groups in total. The van der Waals surface area contributed by atoms with Gasteiger partial charge in [0.15, 0.2) is 23.3 Å². The maximum absolute atomic E-state index is 13.9. The minimum absolute atomic E-state index is 0.0274. The molecule has 0 bridgehead atoms. The molecule has 0 aliphatic rings. The lowest BCUT2D eigenvalue weighted by Gasteiger charge is -2.22. The van der Waals surface area contributed by atoms with E-state index in [4.69, 9.17) is 14.4 Å². The molecule has 0 spiro atoms. The normalized spacial score (nSPS) is 12.5. The Morgan fingerprint density at radius 1 is 0.957 bits per heavy atom. The van der Waals surface area contributed by atoms with Crippen LogP contribution >= 0.6 is 0 Å². The monoisotopic (exact) mass is 351 g/mol. The molecule has 0 atom stereocenters. The summed E-state index contributed by atoms with van der Waals surface area (Å²) >= 11 is 0. The van der Waals surface area contributed by atoms with Crippen molar-refractivity contribution in [1.29, 1.82) is 5.26 Å². The number of hydrogen-bond acceptors (Lipinski definition) is 3. The smallest absolute Gasteiger partial charge is 0.284 e. The van der Waals surface area contributed by atoms with Gasteiger partial charge in [-0.1, -0.05) is 0 Å². The molecular weight excluding hydrogens is 337 g/mol. The summed E-state index contributed by atoms with van der Waals surface area (Å²) in [6, 6.07) is 1.40. The number of nitriles is 1. The standard InChI is InChI=1S/C14H14F5NO2Si/c1-5-21-14(22-23(2,3)4)7(6-20)8-9(15)11(17)13(19)12(18)10(8)16/h5H2,1-4H3/b14-7+. The molecule has 1 aromatic rings. The van der Waals surface area contributed by atoms with Gasteiger partial charge < -0.3 is 9.16 Å². The van der Waals surface area contributed by atoms with Gasteiger partial charge in [-0.3, -0.25) is 0 Å². The molecule has 0 aliphatic carbocycles. The van der Waals surface area contributed by atoms with Gasteiger partial charge in [0.2, 0.25) is 14.1 Å². The van der Waals surface area contributed by atoms with E-state index in [9.17, 15) is 22.0 Å². The molecular formula is C14H14F5NO2Si. The van der Waals surface area contributed by atoms with Crippen molar-refractivity contribution < 1.29 is 31.1 Å². The molecule has 0 unspecified atom stereocenters. The van der Waals surface area contributed by atoms with Crippen LogP contribution in [0.5, 0.6) is 0 Å². The van der Waals surface area contributed by atoms with Crippen LogP contribution in [0.15, 0.2) is 5.95 Å². The van der Waals surface area contributed by atoms with Gasteiger partial charge in [-0.15, -0.1) is 0 Å². The molecule has 0 aliphatic heterocycles. The zero-order valence-electron chi connectivity index (χ0n) is 12.9. The average molecular weight is 351 g/mol. The van der Waals surface area contributed by atoms with E-state index in [1.54, 1.807) is 19.6 Å². The van der Waals surface area contributed by atoms with Gasteiger partial charge in [0.25, 0.3) is 5.95 Å². The Morgan fingerprint density at radius 2 is 1.39 bits per heavy atom. The van der Waals surface area contributed by atoms with E-state index in [-0.39, 0.29) is 6.61 Å². The fourth-order valence-corrected chi connectivity index (χ4v) is 2.31. The van der Waals surface area contributed by atoms with Crippen LogP contribution in [0, 0.1) is 40.4 Å². The van der Waals surface area contributed by atoms with E-state index in [2.05, 4.69) is 0 Å². The van der Waals surface area contributed by atoms with Crippen molar-refractivity contribution in [3.8, 4) is 6.07 Å². The lowest BCUT2D eigenvalue weighted by Crippen LogP contribution is -2.26. The van der Waals surface area contributed by atoms with Crippen molar-refractivity contribution >= 4 is 13.9 Å². The summed E-state index contributed by atoms with van der Waals surface area (Å²) in [6.45, 7) is 6.57. The van der Waals surface area contributed by atoms with E-state index in [1.807, 2.05) is 0 Å². The predicted octanol–water partition coefficient (Wildman–Crippen LogP) is 4.46. The van der Waals surface area contributed by atoms with Crippen LogP contribution in [0.25, 0.3) is 5.57 Å². The molecule has 0 radical (unpaired) electrons. The molecule has 0 saturated carbocycles. The minimum Gasteiger partial charge on any atom is -0.519 e. The van der Waals surface area contributed by atoms with Gasteiger partial charge in [0, 0.05) is 0 Å². The highest BCUT2D eigenvalue weighted by atomic mass is 28.4. The molecule has 1 rings (SSSR count). The van der Waals surface area contributed by atoms with Crippen LogP contribution in [0.2, 0.25) is 19.6 Å². The second-order valence-corrected chi connectivity index (χ2v) is 9.80. The first-order valence-corrected chi connectivity index (χ1v) is 9.93. The van der Waals surface area contributed by atoms with Crippen LogP contribution < -0.4 is 0 Å². The highest BCUT2D eigenvalue weighted by Gasteiger charge is 2.31. The predicted molar refractivity (Wildman–Crippen MR) is 74.8 cm³/mol. The van der Waals surface area contributed by atoms with Gasteiger partial charge in [-0.2, -0.15) is 5.26 Å². The number of ether oxygens (including phenoxy) is 1. The van der Waals surface area contributed by atoms with E-state index < -0.39 is 54.5 Å². The SMILES string of the molecule is CCO/C(O[Si](C)(C)C)=C(/C#N)c1c(F)c(F)c(F)c(F)c1F. The van der Waals surface area contributed by atoms with Crippen LogP contribution in [-0.4, -0.2) is 14.9 Å². The second-order valence-electron chi connectivity index (χ2n) is 5.37. The Hall–Kier alpha value is -2.08. The Balaban J connectivity index is 3.74. The average Bonchev–Trinajstić information content (AvgIpc) is 2.46. The van der Waals surface area contributed by atoms with Crippen LogP contribution in [0.1, 0.15) is 12.5 Å². The summed E-state index contributed by atoms with van der Waals surface area (Å²) in [6.07, 6.45) is 0. The van der Waals surface area contributed by atoms with Crippen molar-refractivity contribution in [3.63, 3.8) is 0 Å². The van der Waals surface area contributed by atoms with Crippen LogP contribution in [0.4, 0.5) is 22.0 Å². The zero-order chi connectivity index (χ0) is 17.9. The van der Waals surface area contributed by atoms with Gasteiger partial charge in [0.05, 0.1) is 12.2 Å². The van der Waals surface area contributed by atoms with Crippen LogP contribution in [-0.2, 0) is 9.16 Å². The topological polar surface area (TPSA) is 42.2 Å². The summed E-state index contributed by atoms with van der Waals surface area (Å²) in [7, 11) is -2.38. The molecule has 126 valence electrons.